The lowest BCUT2D eigenvalue weighted by molar-refractivity contribution is 0.0689. The molecule has 1 saturated heterocycles. The molecule has 5 nitrogen and oxygen atoms in total. The van der Waals surface area contributed by atoms with Gasteiger partial charge in [0.1, 0.15) is 0 Å². The van der Waals surface area contributed by atoms with Crippen molar-refractivity contribution in [2.75, 3.05) is 13.1 Å². The van der Waals surface area contributed by atoms with E-state index in [0.717, 1.165) is 38.2 Å². The molecule has 1 aliphatic heterocycles. The Labute approximate surface area is 94.5 Å². The summed E-state index contributed by atoms with van der Waals surface area (Å²) in [4.78, 5) is 10.8. The predicted molar refractivity (Wildman–Crippen MR) is 59.5 cm³/mol. The summed E-state index contributed by atoms with van der Waals surface area (Å²) in [6.45, 7) is 4.84. The van der Waals surface area contributed by atoms with Crippen LogP contribution in [0.5, 0.6) is 0 Å². The number of hydrogen-bond acceptors (Lipinski definition) is 3. The normalized spacial score (nSPS) is 17.6. The summed E-state index contributed by atoms with van der Waals surface area (Å²) in [5.74, 6) is -0.339. The Morgan fingerprint density at radius 2 is 2.31 bits per heavy atom. The van der Waals surface area contributed by atoms with Crippen LogP contribution in [-0.4, -0.2) is 33.9 Å². The Balaban J connectivity index is 2.05. The number of rotatable bonds is 3. The molecule has 1 aromatic rings. The van der Waals surface area contributed by atoms with Gasteiger partial charge >= 0.3 is 5.97 Å². The summed E-state index contributed by atoms with van der Waals surface area (Å²) in [6, 6.07) is 1.63. The molecule has 1 aromatic heterocycles. The number of piperidine rings is 1. The number of hydrogen-bond donors (Lipinski definition) is 2. The lowest BCUT2D eigenvalue weighted by Crippen LogP contribution is -2.30. The number of aryl methyl sites for hydroxylation is 1. The van der Waals surface area contributed by atoms with E-state index in [1.807, 2.05) is 11.6 Å². The predicted octanol–water partition coefficient (Wildman–Crippen LogP) is 0.889. The van der Waals surface area contributed by atoms with Gasteiger partial charge in [-0.1, -0.05) is 0 Å². The van der Waals surface area contributed by atoms with Crippen LogP contribution >= 0.6 is 0 Å². The van der Waals surface area contributed by atoms with E-state index in [1.54, 1.807) is 6.07 Å². The first-order valence-corrected chi connectivity index (χ1v) is 5.65. The van der Waals surface area contributed by atoms with E-state index in [4.69, 9.17) is 5.11 Å². The highest BCUT2D eigenvalue weighted by Crippen LogP contribution is 2.15. The van der Waals surface area contributed by atoms with E-state index in [1.165, 1.54) is 0 Å². The van der Waals surface area contributed by atoms with E-state index >= 15 is 0 Å². The Kier molecular flexibility index (Phi) is 3.24. The standard InChI is InChI=1S/C11H17N3O2/c1-8-6-10(11(15)16)13-14(8)7-9-2-4-12-5-3-9/h6,9,12H,2-5,7H2,1H3,(H,15,16). The lowest BCUT2D eigenvalue weighted by atomic mass is 9.98. The highest BCUT2D eigenvalue weighted by Gasteiger charge is 2.16. The van der Waals surface area contributed by atoms with Gasteiger partial charge in [-0.2, -0.15) is 5.10 Å². The molecule has 0 saturated carbocycles. The van der Waals surface area contributed by atoms with E-state index < -0.39 is 5.97 Å². The van der Waals surface area contributed by atoms with E-state index in [2.05, 4.69) is 10.4 Å². The van der Waals surface area contributed by atoms with Crippen molar-refractivity contribution in [2.24, 2.45) is 5.92 Å². The van der Waals surface area contributed by atoms with Crippen LogP contribution < -0.4 is 5.32 Å². The monoisotopic (exact) mass is 223 g/mol. The first kappa shape index (κ1) is 11.1. The molecule has 0 aromatic carbocycles. The minimum absolute atomic E-state index is 0.145. The van der Waals surface area contributed by atoms with Crippen molar-refractivity contribution in [3.63, 3.8) is 0 Å². The van der Waals surface area contributed by atoms with Gasteiger partial charge in [0.05, 0.1) is 0 Å². The molecule has 0 bridgehead atoms. The molecule has 2 heterocycles. The summed E-state index contributed by atoms with van der Waals surface area (Å²) in [5, 5.41) is 16.3. The van der Waals surface area contributed by atoms with Gasteiger partial charge in [-0.25, -0.2) is 4.79 Å². The number of aromatic nitrogens is 2. The van der Waals surface area contributed by atoms with Crippen molar-refractivity contribution in [2.45, 2.75) is 26.3 Å². The van der Waals surface area contributed by atoms with Crippen LogP contribution in [0.2, 0.25) is 0 Å². The minimum atomic E-state index is -0.952. The number of carboxylic acid groups (broad SMARTS) is 1. The molecule has 2 N–H and O–H groups in total. The number of nitrogens with zero attached hydrogens (tertiary/aromatic N) is 2. The third kappa shape index (κ3) is 2.41. The Bertz CT molecular complexity index is 381. The van der Waals surface area contributed by atoms with Gasteiger partial charge in [-0.05, 0) is 44.8 Å². The molecule has 5 heteroatoms. The molecule has 0 spiro atoms. The van der Waals surface area contributed by atoms with E-state index in [0.29, 0.717) is 5.92 Å². The van der Waals surface area contributed by atoms with Crippen LogP contribution in [0, 0.1) is 12.8 Å². The molecular weight excluding hydrogens is 206 g/mol. The van der Waals surface area contributed by atoms with Crippen molar-refractivity contribution in [1.29, 1.82) is 0 Å². The molecule has 0 radical (unpaired) electrons. The average Bonchev–Trinajstić information content (AvgIpc) is 2.62. The van der Waals surface area contributed by atoms with Gasteiger partial charge in [0.25, 0.3) is 0 Å². The van der Waals surface area contributed by atoms with Gasteiger partial charge in [-0.15, -0.1) is 0 Å². The third-order valence-electron chi connectivity index (χ3n) is 3.09. The molecular formula is C11H17N3O2. The minimum Gasteiger partial charge on any atom is -0.476 e. The maximum atomic E-state index is 10.8. The first-order chi connectivity index (χ1) is 7.66. The summed E-state index contributed by atoms with van der Waals surface area (Å²) >= 11 is 0. The van der Waals surface area contributed by atoms with Gasteiger partial charge in [-0.3, -0.25) is 4.68 Å². The maximum Gasteiger partial charge on any atom is 0.356 e. The van der Waals surface area contributed by atoms with Gasteiger partial charge in [0, 0.05) is 12.2 Å². The SMILES string of the molecule is Cc1cc(C(=O)O)nn1CC1CCNCC1. The van der Waals surface area contributed by atoms with Gasteiger partial charge in [0.2, 0.25) is 0 Å². The zero-order chi connectivity index (χ0) is 11.5. The van der Waals surface area contributed by atoms with Crippen LogP contribution in [0.15, 0.2) is 6.07 Å². The van der Waals surface area contributed by atoms with Crippen molar-refractivity contribution in [1.82, 2.24) is 15.1 Å². The second-order valence-electron chi connectivity index (χ2n) is 4.35. The molecule has 88 valence electrons. The number of carboxylic acids is 1. The number of aromatic carboxylic acids is 1. The number of nitrogens with one attached hydrogen (secondary N) is 1. The van der Waals surface area contributed by atoms with Crippen molar-refractivity contribution >= 4 is 5.97 Å². The Hall–Kier alpha value is -1.36. The first-order valence-electron chi connectivity index (χ1n) is 5.65. The van der Waals surface area contributed by atoms with Crippen molar-refractivity contribution in [3.8, 4) is 0 Å². The largest absolute Gasteiger partial charge is 0.476 e. The van der Waals surface area contributed by atoms with E-state index in [-0.39, 0.29) is 5.69 Å². The van der Waals surface area contributed by atoms with Gasteiger partial charge in [0.15, 0.2) is 5.69 Å². The zero-order valence-corrected chi connectivity index (χ0v) is 9.44. The van der Waals surface area contributed by atoms with Crippen LogP contribution in [0.25, 0.3) is 0 Å². The number of carbonyl (C=O) groups is 1. The quantitative estimate of drug-likeness (QED) is 0.798. The van der Waals surface area contributed by atoms with E-state index in [9.17, 15) is 4.79 Å². The molecule has 0 aliphatic carbocycles. The maximum absolute atomic E-state index is 10.8. The summed E-state index contributed by atoms with van der Waals surface area (Å²) < 4.78 is 1.82. The molecule has 0 unspecified atom stereocenters. The van der Waals surface area contributed by atoms with Gasteiger partial charge < -0.3 is 10.4 Å². The van der Waals surface area contributed by atoms with Crippen LogP contribution in [0.1, 0.15) is 29.0 Å². The van der Waals surface area contributed by atoms with Crippen molar-refractivity contribution in [3.05, 3.63) is 17.5 Å². The Morgan fingerprint density at radius 1 is 1.62 bits per heavy atom. The lowest BCUT2D eigenvalue weighted by Gasteiger charge is -2.22. The topological polar surface area (TPSA) is 67.1 Å². The molecule has 0 amide bonds. The Morgan fingerprint density at radius 3 is 2.88 bits per heavy atom. The molecule has 2 rings (SSSR count). The second-order valence-corrected chi connectivity index (χ2v) is 4.35. The highest BCUT2D eigenvalue weighted by molar-refractivity contribution is 5.85. The smallest absolute Gasteiger partial charge is 0.356 e. The third-order valence-corrected chi connectivity index (χ3v) is 3.09. The molecule has 0 atom stereocenters. The molecule has 1 aliphatic rings. The summed E-state index contributed by atoms with van der Waals surface area (Å²) in [6.07, 6.45) is 2.28. The molecule has 1 fully saturated rings. The highest BCUT2D eigenvalue weighted by atomic mass is 16.4. The fourth-order valence-corrected chi connectivity index (χ4v) is 2.11. The molecule has 16 heavy (non-hydrogen) atoms. The van der Waals surface area contributed by atoms with Crippen molar-refractivity contribution < 1.29 is 9.90 Å². The second kappa shape index (κ2) is 4.65. The zero-order valence-electron chi connectivity index (χ0n) is 9.44. The van der Waals surface area contributed by atoms with Crippen LogP contribution in [0.4, 0.5) is 0 Å². The summed E-state index contributed by atoms with van der Waals surface area (Å²) in [5.41, 5.74) is 1.07. The summed E-state index contributed by atoms with van der Waals surface area (Å²) in [7, 11) is 0. The fraction of sp³-hybridized carbons (Fsp3) is 0.636. The van der Waals surface area contributed by atoms with Crippen LogP contribution in [-0.2, 0) is 6.54 Å². The fourth-order valence-electron chi connectivity index (χ4n) is 2.11. The van der Waals surface area contributed by atoms with Crippen LogP contribution in [0.3, 0.4) is 0 Å². The average molecular weight is 223 g/mol.